The predicted molar refractivity (Wildman–Crippen MR) is 127 cm³/mol. The molecule has 0 unspecified atom stereocenters. The number of aromatic nitrogens is 1. The summed E-state index contributed by atoms with van der Waals surface area (Å²) in [5, 5.41) is 3.47. The molecule has 8 heteroatoms. The van der Waals surface area contributed by atoms with Crippen molar-refractivity contribution in [1.82, 2.24) is 14.8 Å². The molecule has 2 heterocycles. The maximum atomic E-state index is 12.9. The van der Waals surface area contributed by atoms with Gasteiger partial charge in [0.25, 0.3) is 0 Å². The van der Waals surface area contributed by atoms with E-state index in [4.69, 9.17) is 4.74 Å². The summed E-state index contributed by atoms with van der Waals surface area (Å²) in [7, 11) is 0. The first-order chi connectivity index (χ1) is 15.0. The van der Waals surface area contributed by atoms with Gasteiger partial charge in [0.1, 0.15) is 0 Å². The number of aryl methyl sites for hydroxylation is 2. The summed E-state index contributed by atoms with van der Waals surface area (Å²) >= 11 is 1.47. The van der Waals surface area contributed by atoms with E-state index in [0.29, 0.717) is 18.1 Å². The molecule has 2 amide bonds. The molecule has 0 aromatic carbocycles. The largest absolute Gasteiger partial charge is 0.379 e. The summed E-state index contributed by atoms with van der Waals surface area (Å²) in [6.07, 6.45) is 8.27. The Morgan fingerprint density at radius 3 is 2.48 bits per heavy atom. The predicted octanol–water partition coefficient (Wildman–Crippen LogP) is 4.00. The lowest BCUT2D eigenvalue weighted by Crippen LogP contribution is -2.41. The molecule has 1 N–H and O–H groups in total. The molecule has 1 saturated heterocycles. The van der Waals surface area contributed by atoms with Crippen molar-refractivity contribution in [2.75, 3.05) is 51.3 Å². The zero-order valence-corrected chi connectivity index (χ0v) is 20.4. The normalized spacial score (nSPS) is 14.5. The van der Waals surface area contributed by atoms with Crippen molar-refractivity contribution < 1.29 is 14.3 Å². The van der Waals surface area contributed by atoms with Crippen LogP contribution in [0.4, 0.5) is 5.13 Å². The Morgan fingerprint density at radius 1 is 1.10 bits per heavy atom. The summed E-state index contributed by atoms with van der Waals surface area (Å²) in [5.74, 6) is -0.0875. The van der Waals surface area contributed by atoms with Crippen LogP contribution in [0.5, 0.6) is 0 Å². The van der Waals surface area contributed by atoms with Gasteiger partial charge in [-0.1, -0.05) is 39.0 Å². The van der Waals surface area contributed by atoms with Crippen LogP contribution in [-0.4, -0.2) is 72.5 Å². The first-order valence-corrected chi connectivity index (χ1v) is 12.6. The molecule has 1 aromatic rings. The molecule has 1 aliphatic rings. The van der Waals surface area contributed by atoms with Gasteiger partial charge in [-0.3, -0.25) is 14.5 Å². The van der Waals surface area contributed by atoms with Crippen molar-refractivity contribution in [1.29, 1.82) is 0 Å². The van der Waals surface area contributed by atoms with Crippen molar-refractivity contribution in [2.45, 2.75) is 72.1 Å². The molecule has 176 valence electrons. The van der Waals surface area contributed by atoms with Crippen LogP contribution < -0.4 is 5.32 Å². The Morgan fingerprint density at radius 2 is 1.81 bits per heavy atom. The van der Waals surface area contributed by atoms with Crippen LogP contribution in [0, 0.1) is 13.8 Å². The Labute approximate surface area is 191 Å². The molecule has 1 aliphatic heterocycles. The molecule has 0 spiro atoms. The smallest absolute Gasteiger partial charge is 0.245 e. The molecule has 0 atom stereocenters. The van der Waals surface area contributed by atoms with Gasteiger partial charge in [0.15, 0.2) is 5.13 Å². The van der Waals surface area contributed by atoms with Crippen LogP contribution in [0.15, 0.2) is 0 Å². The number of ether oxygens (including phenoxy) is 1. The molecule has 7 nitrogen and oxygen atoms in total. The first kappa shape index (κ1) is 25.7. The Balaban J connectivity index is 1.82. The van der Waals surface area contributed by atoms with E-state index >= 15 is 0 Å². The highest BCUT2D eigenvalue weighted by molar-refractivity contribution is 7.15. The second-order valence-electron chi connectivity index (χ2n) is 8.35. The number of morpholine rings is 1. The lowest BCUT2D eigenvalue weighted by molar-refractivity contribution is -0.135. The molecule has 1 aromatic heterocycles. The monoisotopic (exact) mass is 452 g/mol. The van der Waals surface area contributed by atoms with Crippen LogP contribution in [-0.2, 0) is 14.3 Å². The number of nitrogens with one attached hydrogen (secondary N) is 1. The number of hydrogen-bond donors (Lipinski definition) is 1. The van der Waals surface area contributed by atoms with Crippen LogP contribution in [0.2, 0.25) is 0 Å². The second kappa shape index (κ2) is 14.5. The van der Waals surface area contributed by atoms with Gasteiger partial charge in [0.05, 0.1) is 25.5 Å². The van der Waals surface area contributed by atoms with Gasteiger partial charge in [0, 0.05) is 37.5 Å². The van der Waals surface area contributed by atoms with Crippen molar-refractivity contribution in [3.63, 3.8) is 0 Å². The Hall–Kier alpha value is -1.51. The lowest BCUT2D eigenvalue weighted by Gasteiger charge is -2.28. The highest BCUT2D eigenvalue weighted by Gasteiger charge is 2.19. The van der Waals surface area contributed by atoms with E-state index in [1.807, 2.05) is 13.8 Å². The molecule has 2 rings (SSSR count). The zero-order valence-electron chi connectivity index (χ0n) is 19.6. The standard InChI is InChI=1S/C23H40N4O3S/c1-4-5-6-7-8-9-11-22(29)27(13-10-12-26-14-16-30-17-15-26)18-21(28)25-23-24-19(2)20(3)31-23/h4-18H2,1-3H3,(H,24,25,28). The number of nitrogens with zero attached hydrogens (tertiary/aromatic N) is 3. The quantitative estimate of drug-likeness (QED) is 0.432. The third kappa shape index (κ3) is 10.1. The van der Waals surface area contributed by atoms with Crippen molar-refractivity contribution in [3.05, 3.63) is 10.6 Å². The third-order valence-corrected chi connectivity index (χ3v) is 6.70. The highest BCUT2D eigenvalue weighted by atomic mass is 32.1. The lowest BCUT2D eigenvalue weighted by atomic mass is 10.1. The van der Waals surface area contributed by atoms with Crippen molar-refractivity contribution in [3.8, 4) is 0 Å². The summed E-state index contributed by atoms with van der Waals surface area (Å²) < 4.78 is 5.40. The SMILES string of the molecule is CCCCCCCCC(=O)N(CCCN1CCOCC1)CC(=O)Nc1nc(C)c(C)s1. The minimum Gasteiger partial charge on any atom is -0.379 e. The van der Waals surface area contributed by atoms with Gasteiger partial charge in [-0.25, -0.2) is 4.98 Å². The third-order valence-electron chi connectivity index (χ3n) is 5.71. The summed E-state index contributed by atoms with van der Waals surface area (Å²) in [6.45, 7) is 11.2. The fourth-order valence-electron chi connectivity index (χ4n) is 3.67. The van der Waals surface area contributed by atoms with Crippen molar-refractivity contribution >= 4 is 28.3 Å². The molecule has 0 bridgehead atoms. The average Bonchev–Trinajstić information content (AvgIpc) is 3.07. The van der Waals surface area contributed by atoms with Crippen LogP contribution in [0.1, 0.15) is 68.9 Å². The van der Waals surface area contributed by atoms with Crippen LogP contribution >= 0.6 is 11.3 Å². The molecular formula is C23H40N4O3S. The van der Waals surface area contributed by atoms with Crippen LogP contribution in [0.25, 0.3) is 0 Å². The number of amides is 2. The molecule has 31 heavy (non-hydrogen) atoms. The number of carbonyl (C=O) groups excluding carboxylic acids is 2. The van der Waals surface area contributed by atoms with Crippen LogP contribution in [0.3, 0.4) is 0 Å². The minimum atomic E-state index is -0.170. The van der Waals surface area contributed by atoms with E-state index in [1.54, 1.807) is 4.90 Å². The molecule has 0 radical (unpaired) electrons. The number of unbranched alkanes of at least 4 members (excludes halogenated alkanes) is 5. The zero-order chi connectivity index (χ0) is 22.5. The Bertz CT molecular complexity index is 654. The highest BCUT2D eigenvalue weighted by Crippen LogP contribution is 2.21. The number of carbonyl (C=O) groups is 2. The van der Waals surface area contributed by atoms with Gasteiger partial charge in [-0.05, 0) is 26.7 Å². The van der Waals surface area contributed by atoms with E-state index in [0.717, 1.165) is 62.7 Å². The van der Waals surface area contributed by atoms with E-state index in [2.05, 4.69) is 22.1 Å². The van der Waals surface area contributed by atoms with Gasteiger partial charge in [-0.2, -0.15) is 0 Å². The number of hydrogen-bond acceptors (Lipinski definition) is 6. The van der Waals surface area contributed by atoms with E-state index in [-0.39, 0.29) is 18.4 Å². The van der Waals surface area contributed by atoms with Crippen molar-refractivity contribution in [2.24, 2.45) is 0 Å². The van der Waals surface area contributed by atoms with E-state index < -0.39 is 0 Å². The first-order valence-electron chi connectivity index (χ1n) is 11.8. The Kier molecular flexibility index (Phi) is 12.1. The number of rotatable bonds is 14. The van der Waals surface area contributed by atoms with Gasteiger partial charge < -0.3 is 15.0 Å². The van der Waals surface area contributed by atoms with E-state index in [1.165, 1.54) is 37.0 Å². The molecule has 1 fully saturated rings. The number of anilines is 1. The number of thiazole rings is 1. The molecule has 0 aliphatic carbocycles. The maximum Gasteiger partial charge on any atom is 0.245 e. The molecular weight excluding hydrogens is 412 g/mol. The summed E-state index contributed by atoms with van der Waals surface area (Å²) in [4.78, 5) is 35.0. The van der Waals surface area contributed by atoms with Gasteiger partial charge in [0.2, 0.25) is 11.8 Å². The fourth-order valence-corrected chi connectivity index (χ4v) is 4.51. The minimum absolute atomic E-state index is 0.0825. The topological polar surface area (TPSA) is 74.8 Å². The van der Waals surface area contributed by atoms with Gasteiger partial charge >= 0.3 is 0 Å². The fraction of sp³-hybridized carbons (Fsp3) is 0.783. The summed E-state index contributed by atoms with van der Waals surface area (Å²) in [5.41, 5.74) is 0.932. The van der Waals surface area contributed by atoms with E-state index in [9.17, 15) is 9.59 Å². The maximum absolute atomic E-state index is 12.9. The second-order valence-corrected chi connectivity index (χ2v) is 9.55. The van der Waals surface area contributed by atoms with Gasteiger partial charge in [-0.15, -0.1) is 11.3 Å². The molecule has 0 saturated carbocycles. The summed E-state index contributed by atoms with van der Waals surface area (Å²) in [6, 6.07) is 0. The average molecular weight is 453 g/mol.